The number of rotatable bonds is 5. The Morgan fingerprint density at radius 2 is 1.73 bits per heavy atom. The van der Waals surface area contributed by atoms with E-state index in [1.165, 1.54) is 18.7 Å². The van der Waals surface area contributed by atoms with E-state index in [0.717, 1.165) is 50.1 Å². The van der Waals surface area contributed by atoms with Gasteiger partial charge in [0.15, 0.2) is 17.3 Å². The van der Waals surface area contributed by atoms with Crippen LogP contribution in [0.3, 0.4) is 0 Å². The SMILES string of the molecule is CC(=O)N1CCN(c2ccc(Nc3ncc4cc(F)c(NC(=O)NC5CCCCC5)nc4n3)cc2)CC1. The number of carbonyl (C=O) groups is 2. The number of pyridine rings is 1. The number of nitrogens with one attached hydrogen (secondary N) is 3. The van der Waals surface area contributed by atoms with Crippen LogP contribution in [-0.2, 0) is 4.79 Å². The van der Waals surface area contributed by atoms with Crippen molar-refractivity contribution in [2.75, 3.05) is 41.7 Å². The molecule has 3 amide bonds. The van der Waals surface area contributed by atoms with Crippen LogP contribution in [0.15, 0.2) is 36.5 Å². The lowest BCUT2D eigenvalue weighted by Crippen LogP contribution is -2.48. The van der Waals surface area contributed by atoms with Crippen molar-refractivity contribution in [1.82, 2.24) is 25.2 Å². The number of aromatic nitrogens is 3. The Hall–Kier alpha value is -4.02. The Kier molecular flexibility index (Phi) is 7.29. The largest absolute Gasteiger partial charge is 0.368 e. The van der Waals surface area contributed by atoms with Crippen molar-refractivity contribution < 1.29 is 14.0 Å². The summed E-state index contributed by atoms with van der Waals surface area (Å²) in [4.78, 5) is 40.9. The number of nitrogens with zero attached hydrogens (tertiary/aromatic N) is 5. The molecule has 1 aromatic carbocycles. The van der Waals surface area contributed by atoms with Gasteiger partial charge in [0.05, 0.1) is 0 Å². The van der Waals surface area contributed by atoms with Crippen LogP contribution >= 0.6 is 0 Å². The Balaban J connectivity index is 1.23. The molecule has 0 atom stereocenters. The Morgan fingerprint density at radius 3 is 2.43 bits per heavy atom. The number of hydrogen-bond donors (Lipinski definition) is 3. The first-order chi connectivity index (χ1) is 17.9. The highest BCUT2D eigenvalue weighted by molar-refractivity contribution is 5.90. The van der Waals surface area contributed by atoms with E-state index in [1.807, 2.05) is 29.2 Å². The van der Waals surface area contributed by atoms with Crippen LogP contribution in [0, 0.1) is 5.82 Å². The number of anilines is 4. The van der Waals surface area contributed by atoms with Gasteiger partial charge in [-0.2, -0.15) is 4.98 Å². The van der Waals surface area contributed by atoms with Gasteiger partial charge < -0.3 is 20.4 Å². The van der Waals surface area contributed by atoms with E-state index in [4.69, 9.17) is 0 Å². The summed E-state index contributed by atoms with van der Waals surface area (Å²) in [5.74, 6) is -0.389. The first-order valence-corrected chi connectivity index (χ1v) is 12.7. The molecule has 1 aliphatic carbocycles. The zero-order valence-electron chi connectivity index (χ0n) is 20.8. The van der Waals surface area contributed by atoms with Gasteiger partial charge in [-0.05, 0) is 43.2 Å². The molecular formula is C26H31FN8O2. The normalized spacial score (nSPS) is 16.5. The van der Waals surface area contributed by atoms with Crippen molar-refractivity contribution in [2.45, 2.75) is 45.1 Å². The zero-order valence-corrected chi connectivity index (χ0v) is 20.8. The lowest BCUT2D eigenvalue weighted by molar-refractivity contribution is -0.129. The van der Waals surface area contributed by atoms with Gasteiger partial charge >= 0.3 is 6.03 Å². The van der Waals surface area contributed by atoms with Gasteiger partial charge in [0.1, 0.15) is 0 Å². The summed E-state index contributed by atoms with van der Waals surface area (Å²) in [5.41, 5.74) is 2.14. The third-order valence-electron chi connectivity index (χ3n) is 6.91. The van der Waals surface area contributed by atoms with Crippen LogP contribution in [-0.4, -0.2) is 64.0 Å². The molecule has 1 saturated heterocycles. The maximum atomic E-state index is 14.6. The molecule has 10 nitrogen and oxygen atoms in total. The quantitative estimate of drug-likeness (QED) is 0.479. The Bertz CT molecular complexity index is 1270. The molecule has 0 unspecified atom stereocenters. The van der Waals surface area contributed by atoms with E-state index in [1.54, 1.807) is 6.92 Å². The predicted molar refractivity (Wildman–Crippen MR) is 141 cm³/mol. The summed E-state index contributed by atoms with van der Waals surface area (Å²) in [7, 11) is 0. The minimum Gasteiger partial charge on any atom is -0.368 e. The van der Waals surface area contributed by atoms with Gasteiger partial charge in [-0.3, -0.25) is 10.1 Å². The molecule has 5 rings (SSSR count). The highest BCUT2D eigenvalue weighted by atomic mass is 19.1. The van der Waals surface area contributed by atoms with Crippen molar-refractivity contribution in [3.8, 4) is 0 Å². The fourth-order valence-corrected chi connectivity index (χ4v) is 4.83. The van der Waals surface area contributed by atoms with E-state index in [2.05, 4.69) is 35.8 Å². The lowest BCUT2D eigenvalue weighted by atomic mass is 9.96. The summed E-state index contributed by atoms with van der Waals surface area (Å²) in [5, 5.41) is 9.00. The monoisotopic (exact) mass is 506 g/mol. The topological polar surface area (TPSA) is 115 Å². The highest BCUT2D eigenvalue weighted by Crippen LogP contribution is 2.23. The van der Waals surface area contributed by atoms with Crippen LogP contribution in [0.4, 0.5) is 32.3 Å². The number of piperazine rings is 1. The molecule has 0 spiro atoms. The zero-order chi connectivity index (χ0) is 25.8. The molecule has 0 radical (unpaired) electrons. The van der Waals surface area contributed by atoms with Gasteiger partial charge in [0.25, 0.3) is 0 Å². The van der Waals surface area contributed by atoms with Gasteiger partial charge in [-0.1, -0.05) is 19.3 Å². The second-order valence-corrected chi connectivity index (χ2v) is 9.52. The molecule has 11 heteroatoms. The van der Waals surface area contributed by atoms with E-state index in [9.17, 15) is 14.0 Å². The fraction of sp³-hybridized carbons (Fsp3) is 0.423. The summed E-state index contributed by atoms with van der Waals surface area (Å²) in [6.45, 7) is 4.61. The molecule has 1 saturated carbocycles. The first-order valence-electron chi connectivity index (χ1n) is 12.7. The predicted octanol–water partition coefficient (Wildman–Crippen LogP) is 4.03. The van der Waals surface area contributed by atoms with Crippen LogP contribution < -0.4 is 20.9 Å². The van der Waals surface area contributed by atoms with Crippen molar-refractivity contribution in [1.29, 1.82) is 0 Å². The van der Waals surface area contributed by atoms with Crippen molar-refractivity contribution in [3.05, 3.63) is 42.3 Å². The highest BCUT2D eigenvalue weighted by Gasteiger charge is 2.19. The van der Waals surface area contributed by atoms with Gasteiger partial charge in [-0.25, -0.2) is 19.2 Å². The average Bonchev–Trinajstić information content (AvgIpc) is 2.90. The van der Waals surface area contributed by atoms with E-state index in [-0.39, 0.29) is 23.4 Å². The van der Waals surface area contributed by atoms with Crippen LogP contribution in [0.5, 0.6) is 0 Å². The minimum absolute atomic E-state index is 0.104. The molecule has 194 valence electrons. The molecule has 2 aliphatic rings. The van der Waals surface area contributed by atoms with Crippen molar-refractivity contribution in [2.24, 2.45) is 0 Å². The van der Waals surface area contributed by atoms with E-state index < -0.39 is 11.8 Å². The molecule has 2 fully saturated rings. The van der Waals surface area contributed by atoms with Crippen LogP contribution in [0.1, 0.15) is 39.0 Å². The minimum atomic E-state index is -0.643. The second kappa shape index (κ2) is 10.9. The number of amides is 3. The number of hydrogen-bond acceptors (Lipinski definition) is 7. The summed E-state index contributed by atoms with van der Waals surface area (Å²) in [6.07, 6.45) is 6.71. The summed E-state index contributed by atoms with van der Waals surface area (Å²) in [6, 6.07) is 8.78. The fourth-order valence-electron chi connectivity index (χ4n) is 4.83. The number of fused-ring (bicyclic) bond motifs is 1. The second-order valence-electron chi connectivity index (χ2n) is 9.52. The van der Waals surface area contributed by atoms with Gasteiger partial charge in [-0.15, -0.1) is 0 Å². The number of benzene rings is 1. The Morgan fingerprint density at radius 1 is 1.00 bits per heavy atom. The van der Waals surface area contributed by atoms with Crippen molar-refractivity contribution >= 4 is 46.1 Å². The third-order valence-corrected chi connectivity index (χ3v) is 6.91. The maximum absolute atomic E-state index is 14.6. The summed E-state index contributed by atoms with van der Waals surface area (Å²) >= 11 is 0. The molecule has 2 aromatic heterocycles. The lowest BCUT2D eigenvalue weighted by Gasteiger charge is -2.35. The standard InChI is InChI=1S/C26H31FN8O2/c1-17(36)34-11-13-35(14-12-34)21-9-7-20(8-10-21)29-25-28-16-18-15-22(27)24(31-23(18)32-25)33-26(37)30-19-5-3-2-4-6-19/h7-10,15-16,19H,2-6,11-14H2,1H3,(H3,28,29,30,31,32,33,37). The van der Waals surface area contributed by atoms with Crippen LogP contribution in [0.25, 0.3) is 11.0 Å². The van der Waals surface area contributed by atoms with Crippen LogP contribution in [0.2, 0.25) is 0 Å². The molecule has 3 N–H and O–H groups in total. The maximum Gasteiger partial charge on any atom is 0.320 e. The molecule has 3 aromatic rings. The number of halogens is 1. The molecule has 0 bridgehead atoms. The van der Waals surface area contributed by atoms with Gasteiger partial charge in [0.2, 0.25) is 11.9 Å². The molecular weight excluding hydrogens is 475 g/mol. The van der Waals surface area contributed by atoms with E-state index in [0.29, 0.717) is 24.4 Å². The molecule has 37 heavy (non-hydrogen) atoms. The Labute approximate surface area is 214 Å². The smallest absolute Gasteiger partial charge is 0.320 e. The average molecular weight is 507 g/mol. The van der Waals surface area contributed by atoms with E-state index >= 15 is 0 Å². The number of urea groups is 1. The molecule has 1 aliphatic heterocycles. The first kappa shape index (κ1) is 24.7. The van der Waals surface area contributed by atoms with Crippen molar-refractivity contribution in [3.63, 3.8) is 0 Å². The van der Waals surface area contributed by atoms with Gasteiger partial charge in [0, 0.05) is 62.1 Å². The number of carbonyl (C=O) groups excluding carboxylic acids is 2. The molecule has 3 heterocycles. The summed E-state index contributed by atoms with van der Waals surface area (Å²) < 4.78 is 14.6. The third kappa shape index (κ3) is 6.04.